The van der Waals surface area contributed by atoms with Gasteiger partial charge in [-0.3, -0.25) is 9.59 Å². The van der Waals surface area contributed by atoms with Crippen LogP contribution >= 0.6 is 15.9 Å². The summed E-state index contributed by atoms with van der Waals surface area (Å²) in [6, 6.07) is 22.1. The third-order valence-corrected chi connectivity index (χ3v) is 5.24. The van der Waals surface area contributed by atoms with Crippen molar-refractivity contribution < 1.29 is 14.3 Å². The lowest BCUT2D eigenvalue weighted by Gasteiger charge is -2.13. The van der Waals surface area contributed by atoms with Gasteiger partial charge in [-0.05, 0) is 64.7 Å². The molecule has 3 aromatic carbocycles. The van der Waals surface area contributed by atoms with Crippen LogP contribution in [0.15, 0.2) is 77.3 Å². The number of carbonyl (C=O) groups excluding carboxylic acids is 2. The first kappa shape index (κ1) is 22.6. The second kappa shape index (κ2) is 11.3. The Morgan fingerprint density at radius 3 is 2.42 bits per heavy atom. The number of hydrogen-bond donors (Lipinski definition) is 2. The largest absolute Gasteiger partial charge is 0.492 e. The highest BCUT2D eigenvalue weighted by Gasteiger charge is 2.15. The molecule has 2 N–H and O–H groups in total. The third kappa shape index (κ3) is 6.43. The molecule has 0 bridgehead atoms. The van der Waals surface area contributed by atoms with Crippen molar-refractivity contribution in [3.63, 3.8) is 0 Å². The molecule has 0 fully saturated rings. The van der Waals surface area contributed by atoms with E-state index < -0.39 is 0 Å². The van der Waals surface area contributed by atoms with Crippen molar-refractivity contribution in [2.45, 2.75) is 19.8 Å². The Labute approximate surface area is 191 Å². The lowest BCUT2D eigenvalue weighted by Crippen LogP contribution is -2.27. The van der Waals surface area contributed by atoms with E-state index in [1.807, 2.05) is 37.3 Å². The average molecular weight is 481 g/mol. The number of anilines is 1. The number of ether oxygens (including phenoxy) is 1. The van der Waals surface area contributed by atoms with E-state index in [-0.39, 0.29) is 11.8 Å². The van der Waals surface area contributed by atoms with Crippen molar-refractivity contribution in [1.29, 1.82) is 0 Å². The number of carbonyl (C=O) groups is 2. The van der Waals surface area contributed by atoms with E-state index in [1.165, 1.54) is 0 Å². The molecule has 0 atom stereocenters. The van der Waals surface area contributed by atoms with E-state index >= 15 is 0 Å². The minimum atomic E-state index is -0.299. The van der Waals surface area contributed by atoms with E-state index in [4.69, 9.17) is 4.74 Å². The smallest absolute Gasteiger partial charge is 0.255 e. The summed E-state index contributed by atoms with van der Waals surface area (Å²) < 4.78 is 6.34. The van der Waals surface area contributed by atoms with Gasteiger partial charge in [-0.1, -0.05) is 49.4 Å². The zero-order valence-electron chi connectivity index (χ0n) is 17.4. The highest BCUT2D eigenvalue weighted by atomic mass is 79.9. The van der Waals surface area contributed by atoms with Gasteiger partial charge in [0.05, 0.1) is 22.3 Å². The summed E-state index contributed by atoms with van der Waals surface area (Å²) in [5.41, 5.74) is 2.51. The van der Waals surface area contributed by atoms with Gasteiger partial charge in [-0.15, -0.1) is 0 Å². The first-order valence-electron chi connectivity index (χ1n) is 10.2. The molecule has 6 heteroatoms. The second-order valence-corrected chi connectivity index (χ2v) is 7.84. The first-order chi connectivity index (χ1) is 15.1. The summed E-state index contributed by atoms with van der Waals surface area (Å²) in [7, 11) is 0. The molecule has 3 aromatic rings. The van der Waals surface area contributed by atoms with E-state index in [2.05, 4.69) is 26.6 Å². The highest BCUT2D eigenvalue weighted by Crippen LogP contribution is 2.27. The number of rotatable bonds is 9. The molecule has 0 aromatic heterocycles. The molecule has 0 spiro atoms. The van der Waals surface area contributed by atoms with Crippen LogP contribution < -0.4 is 15.4 Å². The standard InChI is InChI=1S/C25H25BrN2O3/c1-2-16-31-23-13-12-19(17-21(23)26)24(29)28-22-11-7-6-10-20(22)25(30)27-15-14-18-8-4-3-5-9-18/h3-13,17H,2,14-16H2,1H3,(H,27,30)(H,28,29). The first-order valence-corrected chi connectivity index (χ1v) is 11.0. The van der Waals surface area contributed by atoms with E-state index in [0.717, 1.165) is 18.4 Å². The fourth-order valence-corrected chi connectivity index (χ4v) is 3.51. The fourth-order valence-electron chi connectivity index (χ4n) is 3.02. The van der Waals surface area contributed by atoms with Gasteiger partial charge in [-0.25, -0.2) is 0 Å². The molecule has 3 rings (SSSR count). The van der Waals surface area contributed by atoms with Gasteiger partial charge in [0.2, 0.25) is 0 Å². The van der Waals surface area contributed by atoms with Gasteiger partial charge in [0.1, 0.15) is 5.75 Å². The zero-order chi connectivity index (χ0) is 22.1. The number of halogens is 1. The van der Waals surface area contributed by atoms with Crippen molar-refractivity contribution in [2.24, 2.45) is 0 Å². The van der Waals surface area contributed by atoms with Crippen molar-refractivity contribution in [3.8, 4) is 5.75 Å². The van der Waals surface area contributed by atoms with Crippen molar-refractivity contribution in [1.82, 2.24) is 5.32 Å². The predicted octanol–water partition coefficient (Wildman–Crippen LogP) is 5.46. The third-order valence-electron chi connectivity index (χ3n) is 4.62. The lowest BCUT2D eigenvalue weighted by atomic mass is 10.1. The molecule has 0 aliphatic rings. The Morgan fingerprint density at radius 2 is 1.68 bits per heavy atom. The number of benzene rings is 3. The fraction of sp³-hybridized carbons (Fsp3) is 0.200. The topological polar surface area (TPSA) is 67.4 Å². The molecular formula is C25H25BrN2O3. The van der Waals surface area contributed by atoms with Crippen molar-refractivity contribution in [2.75, 3.05) is 18.5 Å². The van der Waals surface area contributed by atoms with Crippen LogP contribution in [0.5, 0.6) is 5.75 Å². The summed E-state index contributed by atoms with van der Waals surface area (Å²) in [5, 5.41) is 5.77. The molecule has 160 valence electrons. The van der Waals surface area contributed by atoms with Crippen LogP contribution in [0.1, 0.15) is 39.6 Å². The number of para-hydroxylation sites is 1. The number of hydrogen-bond acceptors (Lipinski definition) is 3. The van der Waals surface area contributed by atoms with E-state index in [9.17, 15) is 9.59 Å². The van der Waals surface area contributed by atoms with Gasteiger partial charge in [0.15, 0.2) is 0 Å². The number of amides is 2. The van der Waals surface area contributed by atoms with Gasteiger partial charge in [-0.2, -0.15) is 0 Å². The quantitative estimate of drug-likeness (QED) is 0.427. The van der Waals surface area contributed by atoms with Crippen LogP contribution in [0.25, 0.3) is 0 Å². The van der Waals surface area contributed by atoms with E-state index in [1.54, 1.807) is 42.5 Å². The molecule has 0 radical (unpaired) electrons. The van der Waals surface area contributed by atoms with Crippen molar-refractivity contribution >= 4 is 33.4 Å². The summed E-state index contributed by atoms with van der Waals surface area (Å²) in [6.45, 7) is 3.15. The van der Waals surface area contributed by atoms with Gasteiger partial charge < -0.3 is 15.4 Å². The molecule has 0 saturated heterocycles. The van der Waals surface area contributed by atoms with Crippen LogP contribution in [0, 0.1) is 0 Å². The van der Waals surface area contributed by atoms with E-state index in [0.29, 0.717) is 40.2 Å². The Morgan fingerprint density at radius 1 is 0.935 bits per heavy atom. The minimum Gasteiger partial charge on any atom is -0.492 e. The van der Waals surface area contributed by atoms with Crippen LogP contribution in [0.2, 0.25) is 0 Å². The Balaban J connectivity index is 1.65. The molecule has 31 heavy (non-hydrogen) atoms. The van der Waals surface area contributed by atoms with Gasteiger partial charge in [0.25, 0.3) is 11.8 Å². The molecule has 0 aliphatic carbocycles. The molecule has 0 aliphatic heterocycles. The summed E-state index contributed by atoms with van der Waals surface area (Å²) in [5.74, 6) is 0.167. The normalized spacial score (nSPS) is 10.4. The van der Waals surface area contributed by atoms with Crippen molar-refractivity contribution in [3.05, 3.63) is 94.0 Å². The summed E-state index contributed by atoms with van der Waals surface area (Å²) >= 11 is 3.45. The summed E-state index contributed by atoms with van der Waals surface area (Å²) in [4.78, 5) is 25.4. The van der Waals surface area contributed by atoms with Crippen LogP contribution in [-0.4, -0.2) is 25.0 Å². The molecule has 0 unspecified atom stereocenters. The minimum absolute atomic E-state index is 0.226. The molecule has 5 nitrogen and oxygen atoms in total. The monoisotopic (exact) mass is 480 g/mol. The van der Waals surface area contributed by atoms with Crippen LogP contribution in [0.4, 0.5) is 5.69 Å². The predicted molar refractivity (Wildman–Crippen MR) is 127 cm³/mol. The van der Waals surface area contributed by atoms with Gasteiger partial charge >= 0.3 is 0 Å². The highest BCUT2D eigenvalue weighted by molar-refractivity contribution is 9.10. The zero-order valence-corrected chi connectivity index (χ0v) is 18.9. The molecular weight excluding hydrogens is 456 g/mol. The van der Waals surface area contributed by atoms with Gasteiger partial charge in [0, 0.05) is 12.1 Å². The maximum absolute atomic E-state index is 12.8. The van der Waals surface area contributed by atoms with Crippen LogP contribution in [-0.2, 0) is 6.42 Å². The SMILES string of the molecule is CCCOc1ccc(C(=O)Nc2ccccc2C(=O)NCCc2ccccc2)cc1Br. The average Bonchev–Trinajstić information content (AvgIpc) is 2.79. The molecule has 2 amide bonds. The Kier molecular flexibility index (Phi) is 8.24. The van der Waals surface area contributed by atoms with Crippen LogP contribution in [0.3, 0.4) is 0 Å². The maximum Gasteiger partial charge on any atom is 0.255 e. The maximum atomic E-state index is 12.8. The molecule has 0 heterocycles. The summed E-state index contributed by atoms with van der Waals surface area (Å²) in [6.07, 6.45) is 1.64. The molecule has 0 saturated carbocycles. The Hall–Kier alpha value is -3.12. The second-order valence-electron chi connectivity index (χ2n) is 6.98. The Bertz CT molecular complexity index is 1040. The number of nitrogens with one attached hydrogen (secondary N) is 2. The lowest BCUT2D eigenvalue weighted by molar-refractivity contribution is 0.0955.